The van der Waals surface area contributed by atoms with Crippen LogP contribution in [0.15, 0.2) is 35.4 Å². The van der Waals surface area contributed by atoms with Gasteiger partial charge in [0.25, 0.3) is 0 Å². The minimum atomic E-state index is -1.00. The third-order valence-electron chi connectivity index (χ3n) is 3.99. The van der Waals surface area contributed by atoms with Crippen LogP contribution < -0.4 is 11.2 Å². The van der Waals surface area contributed by atoms with Gasteiger partial charge in [0.05, 0.1) is 0 Å². The molecule has 1 saturated carbocycles. The lowest BCUT2D eigenvalue weighted by Gasteiger charge is -2.29. The number of aliphatic carboxylic acids is 1. The third kappa shape index (κ3) is 2.24. The van der Waals surface area contributed by atoms with Gasteiger partial charge in [0.1, 0.15) is 5.41 Å². The zero-order valence-corrected chi connectivity index (χ0v) is 11.2. The van der Waals surface area contributed by atoms with Gasteiger partial charge < -0.3 is 10.8 Å². The number of hydrogen-bond acceptors (Lipinski definition) is 3. The number of carboxylic acids is 1. The number of carbonyl (C=O) groups is 2. The summed E-state index contributed by atoms with van der Waals surface area (Å²) in [6, 6.07) is 8.37. The van der Waals surface area contributed by atoms with Gasteiger partial charge in [-0.2, -0.15) is 5.10 Å². The van der Waals surface area contributed by atoms with Crippen LogP contribution in [0.25, 0.3) is 0 Å². The molecule has 1 aromatic rings. The van der Waals surface area contributed by atoms with Gasteiger partial charge >= 0.3 is 12.0 Å². The molecule has 0 aliphatic heterocycles. The Morgan fingerprint density at radius 2 is 2.05 bits per heavy atom. The van der Waals surface area contributed by atoms with Gasteiger partial charge in [-0.05, 0) is 18.4 Å². The lowest BCUT2D eigenvalue weighted by molar-refractivity contribution is -0.144. The smallest absolute Gasteiger partial charge is 0.332 e. The van der Waals surface area contributed by atoms with Crippen LogP contribution in [0.1, 0.15) is 25.3 Å². The van der Waals surface area contributed by atoms with Crippen LogP contribution in [-0.2, 0) is 10.2 Å². The summed E-state index contributed by atoms with van der Waals surface area (Å²) in [4.78, 5) is 22.6. The van der Waals surface area contributed by atoms with Gasteiger partial charge in [-0.15, -0.1) is 0 Å². The van der Waals surface area contributed by atoms with Crippen LogP contribution in [0.5, 0.6) is 0 Å². The summed E-state index contributed by atoms with van der Waals surface area (Å²) in [6.45, 7) is 1.82. The van der Waals surface area contributed by atoms with Gasteiger partial charge in [0.2, 0.25) is 0 Å². The monoisotopic (exact) mass is 275 g/mol. The molecule has 4 N–H and O–H groups in total. The van der Waals surface area contributed by atoms with Crippen LogP contribution in [0.2, 0.25) is 0 Å². The molecular weight excluding hydrogens is 258 g/mol. The zero-order chi connectivity index (χ0) is 14.8. The largest absolute Gasteiger partial charge is 0.481 e. The average Bonchev–Trinajstić information content (AvgIpc) is 2.75. The number of nitrogens with one attached hydrogen (secondary N) is 1. The molecule has 0 saturated heterocycles. The maximum absolute atomic E-state index is 11.9. The van der Waals surface area contributed by atoms with Crippen LogP contribution >= 0.6 is 0 Å². The number of amides is 2. The molecule has 20 heavy (non-hydrogen) atoms. The molecule has 0 aromatic heterocycles. The maximum Gasteiger partial charge on any atom is 0.332 e. The number of primary amides is 1. The minimum Gasteiger partial charge on any atom is -0.481 e. The Balaban J connectivity index is 2.39. The number of carboxylic acid groups (broad SMARTS) is 1. The van der Waals surface area contributed by atoms with Gasteiger partial charge in [0.15, 0.2) is 0 Å². The van der Waals surface area contributed by atoms with E-state index < -0.39 is 17.4 Å². The Morgan fingerprint density at radius 1 is 1.40 bits per heavy atom. The summed E-state index contributed by atoms with van der Waals surface area (Å²) in [6.07, 6.45) is 0.968. The number of nitrogens with zero attached hydrogens (tertiary/aromatic N) is 1. The minimum absolute atomic E-state index is 0.311. The van der Waals surface area contributed by atoms with Crippen molar-refractivity contribution in [1.82, 2.24) is 5.43 Å². The lowest BCUT2D eigenvalue weighted by Crippen LogP contribution is -2.40. The molecule has 6 heteroatoms. The Hall–Kier alpha value is -2.37. The van der Waals surface area contributed by atoms with E-state index in [4.69, 9.17) is 5.73 Å². The first-order valence-corrected chi connectivity index (χ1v) is 6.39. The normalized spacial score (nSPS) is 27.4. The molecule has 1 aliphatic rings. The molecule has 6 nitrogen and oxygen atoms in total. The van der Waals surface area contributed by atoms with Crippen LogP contribution in [-0.4, -0.2) is 22.8 Å². The van der Waals surface area contributed by atoms with E-state index >= 15 is 0 Å². The Bertz CT molecular complexity index is 556. The van der Waals surface area contributed by atoms with E-state index in [-0.39, 0.29) is 5.92 Å². The molecule has 2 amide bonds. The van der Waals surface area contributed by atoms with Gasteiger partial charge in [-0.3, -0.25) is 4.79 Å². The molecule has 0 bridgehead atoms. The number of carbonyl (C=O) groups excluding carboxylic acids is 1. The predicted octanol–water partition coefficient (Wildman–Crippen LogP) is 1.46. The second-order valence-corrected chi connectivity index (χ2v) is 4.94. The highest BCUT2D eigenvalue weighted by Gasteiger charge is 2.51. The summed E-state index contributed by atoms with van der Waals surface area (Å²) in [5.74, 6) is -1.19. The van der Waals surface area contributed by atoms with E-state index in [1.54, 1.807) is 0 Å². The maximum atomic E-state index is 11.9. The number of urea groups is 1. The third-order valence-corrected chi connectivity index (χ3v) is 3.99. The van der Waals surface area contributed by atoms with E-state index in [1.165, 1.54) is 0 Å². The fourth-order valence-electron chi connectivity index (χ4n) is 2.87. The van der Waals surface area contributed by atoms with Crippen molar-refractivity contribution in [3.05, 3.63) is 35.9 Å². The second-order valence-electron chi connectivity index (χ2n) is 4.94. The lowest BCUT2D eigenvalue weighted by atomic mass is 9.73. The summed E-state index contributed by atoms with van der Waals surface area (Å²) < 4.78 is 0. The Kier molecular flexibility index (Phi) is 3.74. The highest BCUT2D eigenvalue weighted by Crippen LogP contribution is 2.44. The number of hydrogen-bond donors (Lipinski definition) is 3. The van der Waals surface area contributed by atoms with Gasteiger partial charge in [-0.1, -0.05) is 37.3 Å². The predicted molar refractivity (Wildman–Crippen MR) is 74.3 cm³/mol. The number of rotatable bonds is 3. The van der Waals surface area contributed by atoms with E-state index in [0.29, 0.717) is 18.6 Å². The quantitative estimate of drug-likeness (QED) is 0.727. The molecule has 0 heterocycles. The second kappa shape index (κ2) is 5.32. The molecule has 0 radical (unpaired) electrons. The SMILES string of the molecule is CC1/C(=N\NC(N)=O)CCC1(C(=O)O)c1ccccc1. The highest BCUT2D eigenvalue weighted by molar-refractivity contribution is 5.99. The molecule has 1 fully saturated rings. The van der Waals surface area contributed by atoms with Crippen molar-refractivity contribution in [1.29, 1.82) is 0 Å². The van der Waals surface area contributed by atoms with E-state index in [1.807, 2.05) is 37.3 Å². The fourth-order valence-corrected chi connectivity index (χ4v) is 2.87. The first kappa shape index (κ1) is 14.0. The van der Waals surface area contributed by atoms with E-state index in [2.05, 4.69) is 10.5 Å². The standard InChI is InChI=1S/C14H17N3O3/c1-9-11(16-17-13(15)20)7-8-14(9,12(18)19)10-5-3-2-4-6-10/h2-6,9H,7-8H2,1H3,(H,18,19)(H3,15,17,20)/b16-11-. The zero-order valence-electron chi connectivity index (χ0n) is 11.2. The van der Waals surface area contributed by atoms with Crippen molar-refractivity contribution in [2.75, 3.05) is 0 Å². The van der Waals surface area contributed by atoms with Crippen LogP contribution in [0.4, 0.5) is 4.79 Å². The molecular formula is C14H17N3O3. The van der Waals surface area contributed by atoms with Gasteiger partial charge in [-0.25, -0.2) is 10.2 Å². The summed E-state index contributed by atoms with van der Waals surface area (Å²) in [7, 11) is 0. The number of nitrogens with two attached hydrogens (primary N) is 1. The molecule has 1 aromatic carbocycles. The highest BCUT2D eigenvalue weighted by atomic mass is 16.4. The van der Waals surface area contributed by atoms with Crippen LogP contribution in [0.3, 0.4) is 0 Å². The van der Waals surface area contributed by atoms with Gasteiger partial charge in [0, 0.05) is 11.6 Å². The molecule has 0 spiro atoms. The van der Waals surface area contributed by atoms with Crippen molar-refractivity contribution < 1.29 is 14.7 Å². The molecule has 2 unspecified atom stereocenters. The van der Waals surface area contributed by atoms with Crippen molar-refractivity contribution >= 4 is 17.7 Å². The molecule has 2 atom stereocenters. The fraction of sp³-hybridized carbons (Fsp3) is 0.357. The first-order chi connectivity index (χ1) is 9.48. The first-order valence-electron chi connectivity index (χ1n) is 6.39. The van der Waals surface area contributed by atoms with Crippen molar-refractivity contribution in [3.8, 4) is 0 Å². The summed E-state index contributed by atoms with van der Waals surface area (Å²) >= 11 is 0. The summed E-state index contributed by atoms with van der Waals surface area (Å²) in [5, 5.41) is 13.7. The molecule has 2 rings (SSSR count). The van der Waals surface area contributed by atoms with Crippen LogP contribution in [0, 0.1) is 5.92 Å². The van der Waals surface area contributed by atoms with Crippen molar-refractivity contribution in [2.24, 2.45) is 16.8 Å². The van der Waals surface area contributed by atoms with E-state index in [0.717, 1.165) is 5.56 Å². The summed E-state index contributed by atoms with van der Waals surface area (Å²) in [5.41, 5.74) is 7.56. The number of benzene rings is 1. The van der Waals surface area contributed by atoms with Crippen molar-refractivity contribution in [2.45, 2.75) is 25.2 Å². The topological polar surface area (TPSA) is 105 Å². The molecule has 1 aliphatic carbocycles. The Labute approximate surface area is 116 Å². The molecule has 106 valence electrons. The Morgan fingerprint density at radius 3 is 2.60 bits per heavy atom. The number of hydrazone groups is 1. The van der Waals surface area contributed by atoms with Crippen molar-refractivity contribution in [3.63, 3.8) is 0 Å². The van der Waals surface area contributed by atoms with E-state index in [9.17, 15) is 14.7 Å². The average molecular weight is 275 g/mol.